The molecule has 7 nitrogen and oxygen atoms in total. The van der Waals surface area contributed by atoms with Crippen LogP contribution in [0.2, 0.25) is 0 Å². The second-order valence-corrected chi connectivity index (χ2v) is 3.40. The van der Waals surface area contributed by atoms with Gasteiger partial charge in [-0.1, -0.05) is 14.9 Å². The highest BCUT2D eigenvalue weighted by molar-refractivity contribution is 4.85. The van der Waals surface area contributed by atoms with E-state index in [1.807, 2.05) is 0 Å². The van der Waals surface area contributed by atoms with Gasteiger partial charge in [-0.15, -0.1) is 0 Å². The third-order valence-corrected chi connectivity index (χ3v) is 2.19. The van der Waals surface area contributed by atoms with E-state index in [0.29, 0.717) is 0 Å². The molecule has 7 heteroatoms. The Morgan fingerprint density at radius 3 is 1.61 bits per heavy atom. The van der Waals surface area contributed by atoms with Crippen LogP contribution in [0, 0.1) is 0 Å². The average molecular weight is 272 g/mol. The molecule has 0 aliphatic heterocycles. The summed E-state index contributed by atoms with van der Waals surface area (Å²) >= 11 is 0. The molecule has 0 amide bonds. The summed E-state index contributed by atoms with van der Waals surface area (Å²) in [6, 6.07) is 0. The van der Waals surface area contributed by atoms with Crippen LogP contribution in [0.15, 0.2) is 0 Å². The van der Waals surface area contributed by atoms with Gasteiger partial charge in [0.15, 0.2) is 0 Å². The predicted molar refractivity (Wildman–Crippen MR) is 67.1 cm³/mol. The molecule has 0 aromatic rings. The SMILES string of the molecule is C.C.CCOC(C(O)CO)C(O)C(O)C(O)CO. The van der Waals surface area contributed by atoms with E-state index < -0.39 is 43.7 Å². The molecule has 6 N–H and O–H groups in total. The minimum Gasteiger partial charge on any atom is -0.394 e. The number of aliphatic hydroxyl groups is 6. The molecule has 0 aromatic heterocycles. The van der Waals surface area contributed by atoms with Crippen LogP contribution in [0.3, 0.4) is 0 Å². The highest BCUT2D eigenvalue weighted by Gasteiger charge is 2.35. The predicted octanol–water partition coefficient (Wildman–Crippen LogP) is -1.91. The maximum Gasteiger partial charge on any atom is 0.114 e. The molecule has 5 atom stereocenters. The molecule has 0 radical (unpaired) electrons. The summed E-state index contributed by atoms with van der Waals surface area (Å²) in [5, 5.41) is 54.7. The number of aliphatic hydroxyl groups excluding tert-OH is 6. The van der Waals surface area contributed by atoms with E-state index in [1.54, 1.807) is 6.92 Å². The van der Waals surface area contributed by atoms with Crippen molar-refractivity contribution in [2.45, 2.75) is 52.3 Å². The van der Waals surface area contributed by atoms with Crippen LogP contribution >= 0.6 is 0 Å². The number of hydrogen-bond acceptors (Lipinski definition) is 7. The lowest BCUT2D eigenvalue weighted by Gasteiger charge is -2.30. The summed E-state index contributed by atoms with van der Waals surface area (Å²) in [5.74, 6) is 0. The molecule has 0 rings (SSSR count). The van der Waals surface area contributed by atoms with Gasteiger partial charge in [0.2, 0.25) is 0 Å². The Labute approximate surface area is 108 Å². The van der Waals surface area contributed by atoms with Crippen LogP contribution in [0.5, 0.6) is 0 Å². The monoisotopic (exact) mass is 272 g/mol. The Kier molecular flexibility index (Phi) is 15.0. The van der Waals surface area contributed by atoms with E-state index in [0.717, 1.165) is 0 Å². The minimum atomic E-state index is -1.66. The molecule has 0 heterocycles. The van der Waals surface area contributed by atoms with Crippen molar-refractivity contribution >= 4 is 0 Å². The van der Waals surface area contributed by atoms with E-state index in [4.69, 9.17) is 20.1 Å². The molecule has 5 unspecified atom stereocenters. The first kappa shape index (κ1) is 22.9. The number of hydrogen-bond donors (Lipinski definition) is 6. The van der Waals surface area contributed by atoms with Crippen molar-refractivity contribution in [3.05, 3.63) is 0 Å². The van der Waals surface area contributed by atoms with Crippen LogP contribution in [-0.2, 0) is 4.74 Å². The van der Waals surface area contributed by atoms with Crippen molar-refractivity contribution in [3.63, 3.8) is 0 Å². The van der Waals surface area contributed by atoms with Gasteiger partial charge in [0.25, 0.3) is 0 Å². The molecule has 18 heavy (non-hydrogen) atoms. The quantitative estimate of drug-likeness (QED) is 0.304. The third kappa shape index (κ3) is 6.60. The normalized spacial score (nSPS) is 18.8. The topological polar surface area (TPSA) is 131 Å². The molecule has 0 saturated heterocycles. The zero-order chi connectivity index (χ0) is 12.7. The van der Waals surface area contributed by atoms with Crippen molar-refractivity contribution in [2.24, 2.45) is 0 Å². The van der Waals surface area contributed by atoms with Gasteiger partial charge in [0.05, 0.1) is 13.2 Å². The third-order valence-electron chi connectivity index (χ3n) is 2.19. The Balaban J connectivity index is -0.00000112. The maximum atomic E-state index is 9.59. The summed E-state index contributed by atoms with van der Waals surface area (Å²) < 4.78 is 4.96. The fourth-order valence-electron chi connectivity index (χ4n) is 1.26. The lowest BCUT2D eigenvalue weighted by Crippen LogP contribution is -2.52. The Bertz CT molecular complexity index is 179. The van der Waals surface area contributed by atoms with Crippen molar-refractivity contribution in [3.8, 4) is 0 Å². The molecule has 0 saturated carbocycles. The van der Waals surface area contributed by atoms with E-state index in [2.05, 4.69) is 0 Å². The first-order valence-electron chi connectivity index (χ1n) is 5.05. The summed E-state index contributed by atoms with van der Waals surface area (Å²) in [5.41, 5.74) is 0. The highest BCUT2D eigenvalue weighted by Crippen LogP contribution is 2.12. The zero-order valence-electron chi connectivity index (χ0n) is 9.10. The second kappa shape index (κ2) is 11.8. The molecular formula is C11H28O7. The van der Waals surface area contributed by atoms with Crippen LogP contribution in [0.25, 0.3) is 0 Å². The number of ether oxygens (including phenoxy) is 1. The van der Waals surface area contributed by atoms with Crippen molar-refractivity contribution < 1.29 is 35.4 Å². The van der Waals surface area contributed by atoms with Crippen LogP contribution in [0.4, 0.5) is 0 Å². The molecule has 0 spiro atoms. The Morgan fingerprint density at radius 1 is 0.833 bits per heavy atom. The van der Waals surface area contributed by atoms with Gasteiger partial charge in [0, 0.05) is 6.61 Å². The molecule has 0 aliphatic rings. The van der Waals surface area contributed by atoms with Crippen LogP contribution < -0.4 is 0 Å². The van der Waals surface area contributed by atoms with Crippen molar-refractivity contribution in [1.29, 1.82) is 0 Å². The van der Waals surface area contributed by atoms with Crippen molar-refractivity contribution in [2.75, 3.05) is 19.8 Å². The minimum absolute atomic E-state index is 0. The van der Waals surface area contributed by atoms with Gasteiger partial charge >= 0.3 is 0 Å². The Hall–Kier alpha value is -0.280. The van der Waals surface area contributed by atoms with Gasteiger partial charge < -0.3 is 35.4 Å². The van der Waals surface area contributed by atoms with Gasteiger partial charge in [-0.25, -0.2) is 0 Å². The molecule has 0 aromatic carbocycles. The standard InChI is InChI=1S/C9H20O7.2CH4/c1-2-16-9(6(13)4-11)8(15)7(14)5(12)3-10;;/h5-15H,2-4H2,1H3;2*1H4. The van der Waals surface area contributed by atoms with Gasteiger partial charge in [-0.3, -0.25) is 0 Å². The van der Waals surface area contributed by atoms with E-state index in [9.17, 15) is 15.3 Å². The fourth-order valence-corrected chi connectivity index (χ4v) is 1.26. The highest BCUT2D eigenvalue weighted by atomic mass is 16.5. The maximum absolute atomic E-state index is 9.59. The lowest BCUT2D eigenvalue weighted by molar-refractivity contribution is -0.163. The first-order chi connectivity index (χ1) is 7.49. The largest absolute Gasteiger partial charge is 0.394 e. The van der Waals surface area contributed by atoms with E-state index >= 15 is 0 Å². The van der Waals surface area contributed by atoms with Crippen LogP contribution in [-0.4, -0.2) is 81.0 Å². The molecular weight excluding hydrogens is 244 g/mol. The summed E-state index contributed by atoms with van der Waals surface area (Å²) in [6.07, 6.45) is -7.42. The smallest absolute Gasteiger partial charge is 0.114 e. The van der Waals surface area contributed by atoms with Gasteiger partial charge in [-0.05, 0) is 6.92 Å². The van der Waals surface area contributed by atoms with E-state index in [-0.39, 0.29) is 21.5 Å². The van der Waals surface area contributed by atoms with Crippen molar-refractivity contribution in [1.82, 2.24) is 0 Å². The van der Waals surface area contributed by atoms with Crippen LogP contribution in [0.1, 0.15) is 21.8 Å². The first-order valence-corrected chi connectivity index (χ1v) is 5.05. The average Bonchev–Trinajstić information content (AvgIpc) is 2.32. The van der Waals surface area contributed by atoms with E-state index in [1.165, 1.54) is 0 Å². The molecule has 0 fully saturated rings. The summed E-state index contributed by atoms with van der Waals surface area (Å²) in [7, 11) is 0. The van der Waals surface area contributed by atoms with Gasteiger partial charge in [-0.2, -0.15) is 0 Å². The fraction of sp³-hybridized carbons (Fsp3) is 1.00. The molecule has 114 valence electrons. The summed E-state index contributed by atoms with van der Waals surface area (Å²) in [4.78, 5) is 0. The van der Waals surface area contributed by atoms with Gasteiger partial charge in [0.1, 0.15) is 30.5 Å². The number of rotatable bonds is 8. The lowest BCUT2D eigenvalue weighted by atomic mass is 9.99. The zero-order valence-corrected chi connectivity index (χ0v) is 9.10. The molecule has 0 aliphatic carbocycles. The Morgan fingerprint density at radius 2 is 1.28 bits per heavy atom. The molecule has 0 bridgehead atoms. The second-order valence-electron chi connectivity index (χ2n) is 3.40. The summed E-state index contributed by atoms with van der Waals surface area (Å²) in [6.45, 7) is 0.384.